The van der Waals surface area contributed by atoms with E-state index >= 15 is 0 Å². The molecule has 2 rings (SSSR count). The average molecular weight is 311 g/mol. The zero-order chi connectivity index (χ0) is 15.1. The van der Waals surface area contributed by atoms with E-state index < -0.39 is 10.0 Å². The number of hydrogen-bond acceptors (Lipinski definition) is 4. The van der Waals surface area contributed by atoms with Gasteiger partial charge in [-0.2, -0.15) is 0 Å². The van der Waals surface area contributed by atoms with Gasteiger partial charge in [-0.3, -0.25) is 0 Å². The molecule has 0 amide bonds. The molecule has 2 N–H and O–H groups in total. The lowest BCUT2D eigenvalue weighted by Gasteiger charge is -2.16. The Morgan fingerprint density at radius 3 is 2.62 bits per heavy atom. The molecule has 1 heterocycles. The first-order chi connectivity index (χ1) is 10.1. The molecule has 0 aromatic heterocycles. The van der Waals surface area contributed by atoms with Crippen LogP contribution in [0.1, 0.15) is 26.2 Å². The molecule has 0 unspecified atom stereocenters. The Morgan fingerprint density at radius 2 is 1.90 bits per heavy atom. The van der Waals surface area contributed by atoms with E-state index in [1.807, 2.05) is 12.1 Å². The second kappa shape index (κ2) is 7.77. The highest BCUT2D eigenvalue weighted by Gasteiger charge is 2.16. The highest BCUT2D eigenvalue weighted by Crippen LogP contribution is 2.20. The van der Waals surface area contributed by atoms with Crippen molar-refractivity contribution in [1.29, 1.82) is 0 Å². The SMILES string of the molecule is CCNS(=O)(=O)c1ccccc1NCCCN1CCCC1. The number of nitrogens with zero attached hydrogens (tertiary/aromatic N) is 1. The molecular formula is C15H25N3O2S. The van der Waals surface area contributed by atoms with Crippen molar-refractivity contribution in [3.63, 3.8) is 0 Å². The fourth-order valence-corrected chi connectivity index (χ4v) is 3.87. The Bertz CT molecular complexity index is 540. The molecule has 21 heavy (non-hydrogen) atoms. The standard InChI is InChI=1S/C15H25N3O2S/c1-2-17-21(19,20)15-9-4-3-8-14(15)16-10-7-13-18-11-5-6-12-18/h3-4,8-9,16-17H,2,5-7,10-13H2,1H3. The Morgan fingerprint density at radius 1 is 1.19 bits per heavy atom. The number of sulfonamides is 1. The summed E-state index contributed by atoms with van der Waals surface area (Å²) in [7, 11) is -3.42. The molecule has 6 heteroatoms. The van der Waals surface area contributed by atoms with E-state index in [1.165, 1.54) is 25.9 Å². The fraction of sp³-hybridized carbons (Fsp3) is 0.600. The van der Waals surface area contributed by atoms with Crippen molar-refractivity contribution in [2.75, 3.05) is 38.0 Å². The number of para-hydroxylation sites is 1. The molecule has 0 radical (unpaired) electrons. The van der Waals surface area contributed by atoms with Crippen LogP contribution < -0.4 is 10.0 Å². The van der Waals surface area contributed by atoms with Gasteiger partial charge in [0.2, 0.25) is 10.0 Å². The van der Waals surface area contributed by atoms with Crippen LogP contribution in [0.5, 0.6) is 0 Å². The second-order valence-electron chi connectivity index (χ2n) is 5.33. The Labute approximate surface area is 127 Å². The summed E-state index contributed by atoms with van der Waals surface area (Å²) in [5, 5.41) is 3.26. The first kappa shape index (κ1) is 16.3. The molecule has 1 aromatic carbocycles. The lowest BCUT2D eigenvalue weighted by Crippen LogP contribution is -2.25. The monoisotopic (exact) mass is 311 g/mol. The van der Waals surface area contributed by atoms with E-state index in [4.69, 9.17) is 0 Å². The molecule has 0 saturated carbocycles. The van der Waals surface area contributed by atoms with E-state index in [2.05, 4.69) is 14.9 Å². The zero-order valence-electron chi connectivity index (χ0n) is 12.6. The van der Waals surface area contributed by atoms with E-state index in [1.54, 1.807) is 19.1 Å². The Kier molecular flexibility index (Phi) is 6.02. The first-order valence-electron chi connectivity index (χ1n) is 7.68. The molecule has 5 nitrogen and oxygen atoms in total. The van der Waals surface area contributed by atoms with Crippen molar-refractivity contribution in [2.24, 2.45) is 0 Å². The normalized spacial score (nSPS) is 16.2. The first-order valence-corrected chi connectivity index (χ1v) is 9.16. The number of anilines is 1. The van der Waals surface area contributed by atoms with Gasteiger partial charge < -0.3 is 10.2 Å². The van der Waals surface area contributed by atoms with Crippen LogP contribution in [0.4, 0.5) is 5.69 Å². The minimum atomic E-state index is -3.42. The minimum absolute atomic E-state index is 0.327. The van der Waals surface area contributed by atoms with Crippen LogP contribution in [0.25, 0.3) is 0 Å². The third-order valence-corrected chi connectivity index (χ3v) is 5.28. The van der Waals surface area contributed by atoms with Gasteiger partial charge in [-0.25, -0.2) is 13.1 Å². The van der Waals surface area contributed by atoms with Gasteiger partial charge in [0.25, 0.3) is 0 Å². The summed E-state index contributed by atoms with van der Waals surface area (Å²) in [5.41, 5.74) is 0.680. The third kappa shape index (κ3) is 4.69. The number of likely N-dealkylation sites (tertiary alicyclic amines) is 1. The van der Waals surface area contributed by atoms with Crippen LogP contribution in [0.2, 0.25) is 0 Å². The number of rotatable bonds is 8. The van der Waals surface area contributed by atoms with Gasteiger partial charge in [0, 0.05) is 13.1 Å². The van der Waals surface area contributed by atoms with Crippen LogP contribution in [0.15, 0.2) is 29.2 Å². The van der Waals surface area contributed by atoms with Gasteiger partial charge in [-0.1, -0.05) is 19.1 Å². The van der Waals surface area contributed by atoms with Crippen LogP contribution in [-0.2, 0) is 10.0 Å². The van der Waals surface area contributed by atoms with Crippen molar-refractivity contribution in [2.45, 2.75) is 31.1 Å². The molecule has 1 aliphatic heterocycles. The molecule has 118 valence electrons. The summed E-state index contributed by atoms with van der Waals surface area (Å²) in [6.45, 7) is 6.44. The predicted molar refractivity (Wildman–Crippen MR) is 86.1 cm³/mol. The van der Waals surface area contributed by atoms with Crippen molar-refractivity contribution in [3.8, 4) is 0 Å². The summed E-state index contributed by atoms with van der Waals surface area (Å²) < 4.78 is 26.8. The Hall–Kier alpha value is -1.11. The maximum absolute atomic E-state index is 12.1. The smallest absolute Gasteiger partial charge is 0.242 e. The van der Waals surface area contributed by atoms with E-state index in [0.29, 0.717) is 17.1 Å². The lowest BCUT2D eigenvalue weighted by atomic mass is 10.3. The van der Waals surface area contributed by atoms with Crippen LogP contribution in [-0.4, -0.2) is 46.0 Å². The molecule has 0 atom stereocenters. The lowest BCUT2D eigenvalue weighted by molar-refractivity contribution is 0.337. The van der Waals surface area contributed by atoms with Crippen LogP contribution in [0.3, 0.4) is 0 Å². The van der Waals surface area contributed by atoms with Crippen LogP contribution in [0, 0.1) is 0 Å². The minimum Gasteiger partial charge on any atom is -0.384 e. The van der Waals surface area contributed by atoms with Crippen molar-refractivity contribution in [3.05, 3.63) is 24.3 Å². The summed E-state index contributed by atoms with van der Waals surface area (Å²) in [6.07, 6.45) is 3.63. The van der Waals surface area contributed by atoms with E-state index in [0.717, 1.165) is 19.5 Å². The Balaban J connectivity index is 1.90. The molecule has 0 aliphatic carbocycles. The second-order valence-corrected chi connectivity index (χ2v) is 7.06. The third-order valence-electron chi connectivity index (χ3n) is 3.68. The molecule has 1 saturated heterocycles. The molecular weight excluding hydrogens is 286 g/mol. The van der Waals surface area contributed by atoms with E-state index in [9.17, 15) is 8.42 Å². The number of hydrogen-bond donors (Lipinski definition) is 2. The molecule has 1 aromatic rings. The largest absolute Gasteiger partial charge is 0.384 e. The van der Waals surface area contributed by atoms with Gasteiger partial charge in [0.15, 0.2) is 0 Å². The number of benzene rings is 1. The molecule has 0 bridgehead atoms. The topological polar surface area (TPSA) is 61.4 Å². The highest BCUT2D eigenvalue weighted by atomic mass is 32.2. The van der Waals surface area contributed by atoms with Crippen molar-refractivity contribution >= 4 is 15.7 Å². The van der Waals surface area contributed by atoms with Crippen molar-refractivity contribution < 1.29 is 8.42 Å². The summed E-state index contributed by atoms with van der Waals surface area (Å²) in [4.78, 5) is 2.79. The molecule has 0 spiro atoms. The quantitative estimate of drug-likeness (QED) is 0.720. The van der Waals surface area contributed by atoms with E-state index in [-0.39, 0.29) is 0 Å². The predicted octanol–water partition coefficient (Wildman–Crippen LogP) is 1.88. The summed E-state index contributed by atoms with van der Waals surface area (Å²) >= 11 is 0. The van der Waals surface area contributed by atoms with Gasteiger partial charge in [-0.05, 0) is 51.0 Å². The summed E-state index contributed by atoms with van der Waals surface area (Å²) in [5.74, 6) is 0. The van der Waals surface area contributed by atoms with Crippen molar-refractivity contribution in [1.82, 2.24) is 9.62 Å². The summed E-state index contributed by atoms with van der Waals surface area (Å²) in [6, 6.07) is 7.06. The molecule has 1 fully saturated rings. The van der Waals surface area contributed by atoms with Gasteiger partial charge in [-0.15, -0.1) is 0 Å². The van der Waals surface area contributed by atoms with Gasteiger partial charge in [0.1, 0.15) is 4.90 Å². The molecule has 1 aliphatic rings. The van der Waals surface area contributed by atoms with Gasteiger partial charge in [0.05, 0.1) is 5.69 Å². The number of nitrogens with one attached hydrogen (secondary N) is 2. The van der Waals surface area contributed by atoms with Crippen LogP contribution >= 0.6 is 0 Å². The zero-order valence-corrected chi connectivity index (χ0v) is 13.5. The maximum atomic E-state index is 12.1. The average Bonchev–Trinajstić information content (AvgIpc) is 2.97. The van der Waals surface area contributed by atoms with Gasteiger partial charge >= 0.3 is 0 Å². The highest BCUT2D eigenvalue weighted by molar-refractivity contribution is 7.89. The maximum Gasteiger partial charge on any atom is 0.242 e. The fourth-order valence-electron chi connectivity index (χ4n) is 2.65.